The lowest BCUT2D eigenvalue weighted by atomic mass is 9.69. The molecule has 7 heteroatoms. The summed E-state index contributed by atoms with van der Waals surface area (Å²) in [6, 6.07) is 2.99. The van der Waals surface area contributed by atoms with Gasteiger partial charge in [-0.25, -0.2) is 8.78 Å². The molecule has 0 unspecified atom stereocenters. The Morgan fingerprint density at radius 2 is 1.67 bits per heavy atom. The van der Waals surface area contributed by atoms with E-state index in [-0.39, 0.29) is 18.4 Å². The molecule has 1 fully saturated rings. The fourth-order valence-electron chi connectivity index (χ4n) is 3.13. The predicted octanol–water partition coefficient (Wildman–Crippen LogP) is 4.10. The summed E-state index contributed by atoms with van der Waals surface area (Å²) in [7, 11) is 0. The molecule has 1 aliphatic heterocycles. The molecule has 0 atom stereocenters. The molecule has 114 valence electrons. The first-order valence-electron chi connectivity index (χ1n) is 6.55. The summed E-state index contributed by atoms with van der Waals surface area (Å²) in [6.07, 6.45) is -5.78. The molecule has 1 saturated carbocycles. The Kier molecular flexibility index (Phi) is 2.84. The number of hydrogen-bond acceptors (Lipinski definition) is 1. The van der Waals surface area contributed by atoms with Crippen LogP contribution in [0.4, 0.5) is 27.6 Å². The van der Waals surface area contributed by atoms with Gasteiger partial charge in [0.15, 0.2) is 0 Å². The molecule has 3 rings (SSSR count). The van der Waals surface area contributed by atoms with E-state index in [0.29, 0.717) is 5.69 Å². The number of carbonyl (C=O) groups excluding carboxylic acids is 1. The molecule has 1 heterocycles. The molecule has 0 bridgehead atoms. The molecular weight excluding hydrogens is 293 g/mol. The highest BCUT2D eigenvalue weighted by molar-refractivity contribution is 6.06. The van der Waals surface area contributed by atoms with Crippen molar-refractivity contribution in [2.45, 2.75) is 43.2 Å². The van der Waals surface area contributed by atoms with Crippen LogP contribution in [0.25, 0.3) is 0 Å². The van der Waals surface area contributed by atoms with E-state index in [9.17, 15) is 26.7 Å². The lowest BCUT2D eigenvalue weighted by molar-refractivity contribution is -0.138. The summed E-state index contributed by atoms with van der Waals surface area (Å²) in [5.74, 6) is -3.33. The number of rotatable bonds is 0. The molecule has 2 nitrogen and oxygen atoms in total. The van der Waals surface area contributed by atoms with Crippen molar-refractivity contribution < 1.29 is 26.7 Å². The standard InChI is InChI=1S/C14H12F5NO/c15-13(16)5-3-12(4-6-13)9-7-8(14(17,18)19)1-2-10(9)20-11(12)21/h1-2,7H,3-6H2,(H,20,21). The first-order valence-corrected chi connectivity index (χ1v) is 6.55. The first kappa shape index (κ1) is 14.3. The normalized spacial score (nSPS) is 23.0. The van der Waals surface area contributed by atoms with E-state index >= 15 is 0 Å². The maximum Gasteiger partial charge on any atom is 0.416 e. The van der Waals surface area contributed by atoms with Crippen LogP contribution in [0.15, 0.2) is 18.2 Å². The number of benzene rings is 1. The highest BCUT2D eigenvalue weighted by atomic mass is 19.4. The number of carbonyl (C=O) groups is 1. The van der Waals surface area contributed by atoms with Gasteiger partial charge in [-0.05, 0) is 36.6 Å². The van der Waals surface area contributed by atoms with Crippen molar-refractivity contribution in [3.63, 3.8) is 0 Å². The number of amides is 1. The van der Waals surface area contributed by atoms with Crippen LogP contribution in [0.2, 0.25) is 0 Å². The molecular formula is C14H12F5NO. The van der Waals surface area contributed by atoms with Crippen LogP contribution in [0.5, 0.6) is 0 Å². The summed E-state index contributed by atoms with van der Waals surface area (Å²) < 4.78 is 65.0. The minimum Gasteiger partial charge on any atom is -0.325 e. The Morgan fingerprint density at radius 3 is 2.24 bits per heavy atom. The van der Waals surface area contributed by atoms with Crippen LogP contribution >= 0.6 is 0 Å². The second-order valence-corrected chi connectivity index (χ2v) is 5.65. The van der Waals surface area contributed by atoms with E-state index in [1.807, 2.05) is 0 Å². The number of halogens is 5. The summed E-state index contributed by atoms with van der Waals surface area (Å²) >= 11 is 0. The number of hydrogen-bond donors (Lipinski definition) is 1. The maximum atomic E-state index is 13.3. The topological polar surface area (TPSA) is 29.1 Å². The van der Waals surface area contributed by atoms with Gasteiger partial charge in [-0.2, -0.15) is 13.2 Å². The van der Waals surface area contributed by atoms with Gasteiger partial charge in [0.05, 0.1) is 11.0 Å². The second-order valence-electron chi connectivity index (χ2n) is 5.65. The van der Waals surface area contributed by atoms with Gasteiger partial charge in [0.25, 0.3) is 0 Å². The van der Waals surface area contributed by atoms with Crippen LogP contribution in [-0.2, 0) is 16.4 Å². The lowest BCUT2D eigenvalue weighted by Gasteiger charge is -2.35. The van der Waals surface area contributed by atoms with Crippen molar-refractivity contribution >= 4 is 11.6 Å². The largest absolute Gasteiger partial charge is 0.416 e. The predicted molar refractivity (Wildman–Crippen MR) is 65.2 cm³/mol. The molecule has 1 aromatic rings. The molecule has 21 heavy (non-hydrogen) atoms. The molecule has 2 aliphatic rings. The van der Waals surface area contributed by atoms with E-state index in [1.54, 1.807) is 0 Å². The Balaban J connectivity index is 2.05. The van der Waals surface area contributed by atoms with E-state index in [4.69, 9.17) is 0 Å². The van der Waals surface area contributed by atoms with Gasteiger partial charge in [-0.3, -0.25) is 4.79 Å². The molecule has 1 spiro atoms. The fraction of sp³-hybridized carbons (Fsp3) is 0.500. The maximum absolute atomic E-state index is 13.3. The fourth-order valence-corrected chi connectivity index (χ4v) is 3.13. The van der Waals surface area contributed by atoms with Crippen LogP contribution in [0.1, 0.15) is 36.8 Å². The van der Waals surface area contributed by atoms with Crippen molar-refractivity contribution in [1.29, 1.82) is 0 Å². The van der Waals surface area contributed by atoms with Crippen molar-refractivity contribution in [2.75, 3.05) is 5.32 Å². The number of fused-ring (bicyclic) bond motifs is 2. The third-order valence-corrected chi connectivity index (χ3v) is 4.38. The number of nitrogens with one attached hydrogen (secondary N) is 1. The molecule has 0 aromatic heterocycles. The SMILES string of the molecule is O=C1Nc2ccc(C(F)(F)F)cc2C12CCC(F)(F)CC2. The molecule has 1 N–H and O–H groups in total. The zero-order valence-electron chi connectivity index (χ0n) is 10.9. The van der Waals surface area contributed by atoms with Gasteiger partial charge < -0.3 is 5.32 Å². The van der Waals surface area contributed by atoms with Crippen molar-refractivity contribution in [3.8, 4) is 0 Å². The zero-order valence-corrected chi connectivity index (χ0v) is 10.9. The van der Waals surface area contributed by atoms with Crippen molar-refractivity contribution in [1.82, 2.24) is 0 Å². The zero-order chi connectivity index (χ0) is 15.5. The highest BCUT2D eigenvalue weighted by Crippen LogP contribution is 2.51. The smallest absolute Gasteiger partial charge is 0.325 e. The van der Waals surface area contributed by atoms with Crippen molar-refractivity contribution in [3.05, 3.63) is 29.3 Å². The number of alkyl halides is 5. The van der Waals surface area contributed by atoms with Crippen LogP contribution in [0, 0.1) is 0 Å². The average molecular weight is 305 g/mol. The highest BCUT2D eigenvalue weighted by Gasteiger charge is 2.53. The number of anilines is 1. The molecule has 0 saturated heterocycles. The molecule has 0 radical (unpaired) electrons. The molecule has 1 aromatic carbocycles. The van der Waals surface area contributed by atoms with Gasteiger partial charge in [-0.1, -0.05) is 0 Å². The monoisotopic (exact) mass is 305 g/mol. The van der Waals surface area contributed by atoms with E-state index in [0.717, 1.165) is 12.1 Å². The summed E-state index contributed by atoms with van der Waals surface area (Å²) in [6.45, 7) is 0. The first-order chi connectivity index (χ1) is 9.64. The van der Waals surface area contributed by atoms with Gasteiger partial charge in [-0.15, -0.1) is 0 Å². The van der Waals surface area contributed by atoms with Gasteiger partial charge in [0, 0.05) is 18.5 Å². The van der Waals surface area contributed by atoms with Gasteiger partial charge in [0.1, 0.15) is 0 Å². The van der Waals surface area contributed by atoms with E-state index in [2.05, 4.69) is 5.32 Å². The third-order valence-electron chi connectivity index (χ3n) is 4.38. The van der Waals surface area contributed by atoms with Crippen molar-refractivity contribution in [2.24, 2.45) is 0 Å². The summed E-state index contributed by atoms with van der Waals surface area (Å²) in [5, 5.41) is 2.51. The van der Waals surface area contributed by atoms with E-state index in [1.165, 1.54) is 6.07 Å². The Bertz CT molecular complexity index is 598. The molecule has 1 amide bonds. The van der Waals surface area contributed by atoms with Crippen LogP contribution < -0.4 is 5.32 Å². The Labute approximate surface area is 117 Å². The second kappa shape index (κ2) is 4.18. The van der Waals surface area contributed by atoms with Crippen LogP contribution in [0.3, 0.4) is 0 Å². The van der Waals surface area contributed by atoms with Crippen LogP contribution in [-0.4, -0.2) is 11.8 Å². The lowest BCUT2D eigenvalue weighted by Crippen LogP contribution is -2.41. The van der Waals surface area contributed by atoms with Gasteiger partial charge in [0.2, 0.25) is 11.8 Å². The molecule has 1 aliphatic carbocycles. The Morgan fingerprint density at radius 1 is 1.05 bits per heavy atom. The summed E-state index contributed by atoms with van der Waals surface area (Å²) in [5.41, 5.74) is -1.64. The quantitative estimate of drug-likeness (QED) is 0.718. The minimum absolute atomic E-state index is 0.139. The Hall–Kier alpha value is -1.66. The minimum atomic E-state index is -4.53. The third kappa shape index (κ3) is 2.18. The summed E-state index contributed by atoms with van der Waals surface area (Å²) in [4.78, 5) is 12.1. The van der Waals surface area contributed by atoms with Gasteiger partial charge >= 0.3 is 6.18 Å². The van der Waals surface area contributed by atoms with E-state index < -0.39 is 41.8 Å². The average Bonchev–Trinajstić information content (AvgIpc) is 2.64.